The van der Waals surface area contributed by atoms with Gasteiger partial charge in [-0.2, -0.15) is 0 Å². The number of aliphatic hydroxyl groups excluding tert-OH is 15. The molecule has 0 radical (unpaired) electrons. The molecule has 4 aliphatic heterocycles. The van der Waals surface area contributed by atoms with Crippen LogP contribution in [-0.2, 0) is 37.9 Å². The molecule has 4 saturated heterocycles. The van der Waals surface area contributed by atoms with Crippen molar-refractivity contribution >= 4 is 0 Å². The highest BCUT2D eigenvalue weighted by atomic mass is 16.8. The van der Waals surface area contributed by atoms with Gasteiger partial charge in [-0.25, -0.2) is 0 Å². The van der Waals surface area contributed by atoms with E-state index in [0.717, 1.165) is 19.3 Å². The van der Waals surface area contributed by atoms with Crippen molar-refractivity contribution < 1.29 is 120 Å². The van der Waals surface area contributed by atoms with Gasteiger partial charge in [0.25, 0.3) is 0 Å². The Hall–Kier alpha value is -1.22. The van der Waals surface area contributed by atoms with Crippen LogP contribution in [0.25, 0.3) is 0 Å². The second kappa shape index (κ2) is 23.7. The maximum absolute atomic E-state index is 12.7. The van der Waals surface area contributed by atoms with Crippen LogP contribution >= 0.6 is 0 Å². The Labute approximate surface area is 455 Å². The van der Waals surface area contributed by atoms with Crippen molar-refractivity contribution in [2.45, 2.75) is 253 Å². The van der Waals surface area contributed by atoms with Gasteiger partial charge in [-0.15, -0.1) is 0 Å². The first-order chi connectivity index (χ1) is 36.5. The second-order valence-corrected chi connectivity index (χ2v) is 25.8. The number of hydrogen-bond acceptors (Lipinski definition) is 24. The molecule has 3 unspecified atom stereocenters. The summed E-state index contributed by atoms with van der Waals surface area (Å²) >= 11 is 0. The summed E-state index contributed by atoms with van der Waals surface area (Å²) < 4.78 is 47.6. The molecule has 0 spiro atoms. The Kier molecular flexibility index (Phi) is 19.1. The molecule has 8 rings (SSSR count). The fourth-order valence-corrected chi connectivity index (χ4v) is 15.7. The van der Waals surface area contributed by atoms with Gasteiger partial charge in [0.1, 0.15) is 97.7 Å². The van der Waals surface area contributed by atoms with Gasteiger partial charge in [-0.3, -0.25) is 0 Å². The molecule has 78 heavy (non-hydrogen) atoms. The molecule has 24 nitrogen and oxygen atoms in total. The highest BCUT2D eigenvalue weighted by Crippen LogP contribution is 2.75. The van der Waals surface area contributed by atoms with E-state index in [-0.39, 0.29) is 40.9 Å². The Balaban J connectivity index is 0.951. The molecule has 30 atom stereocenters. The van der Waals surface area contributed by atoms with Gasteiger partial charge in [-0.05, 0) is 99.7 Å². The number of fused-ring (bicyclic) bond motifs is 5. The Morgan fingerprint density at radius 2 is 1.04 bits per heavy atom. The van der Waals surface area contributed by atoms with Crippen molar-refractivity contribution in [3.63, 3.8) is 0 Å². The zero-order valence-electron chi connectivity index (χ0n) is 46.1. The minimum atomic E-state index is -2.02. The highest BCUT2D eigenvalue weighted by molar-refractivity contribution is 5.32. The van der Waals surface area contributed by atoms with E-state index in [1.54, 1.807) is 0 Å². The molecule has 452 valence electrons. The third kappa shape index (κ3) is 10.8. The van der Waals surface area contributed by atoms with Crippen molar-refractivity contribution in [1.82, 2.24) is 0 Å². The summed E-state index contributed by atoms with van der Waals surface area (Å²) in [4.78, 5) is 0. The first-order valence-electron chi connectivity index (χ1n) is 28.0. The number of ether oxygens (including phenoxy) is 8. The molecule has 8 aliphatic rings. The van der Waals surface area contributed by atoms with Crippen LogP contribution in [0.5, 0.6) is 0 Å². The van der Waals surface area contributed by atoms with Gasteiger partial charge in [0.15, 0.2) is 25.2 Å². The van der Waals surface area contributed by atoms with Crippen LogP contribution in [0.4, 0.5) is 0 Å². The van der Waals surface area contributed by atoms with E-state index in [0.29, 0.717) is 25.7 Å². The predicted octanol–water partition coefficient (Wildman–Crippen LogP) is -3.23. The average molecular weight is 1130 g/mol. The summed E-state index contributed by atoms with van der Waals surface area (Å²) in [5.41, 5.74) is -1.97. The van der Waals surface area contributed by atoms with E-state index in [2.05, 4.69) is 47.6 Å². The first kappa shape index (κ1) is 62.8. The number of aliphatic hydroxyl groups is 16. The minimum absolute atomic E-state index is 0.0171. The van der Waals surface area contributed by atoms with Gasteiger partial charge in [0.05, 0.1) is 50.3 Å². The molecular weight excluding hydrogens is 1030 g/mol. The fraction of sp³-hybridized carbons (Fsp3) is 0.963. The molecule has 0 bridgehead atoms. The predicted molar refractivity (Wildman–Crippen MR) is 268 cm³/mol. The molecule has 0 aromatic rings. The summed E-state index contributed by atoms with van der Waals surface area (Å²) in [5.74, 6) is 0.293. The molecule has 0 aromatic carbocycles. The maximum atomic E-state index is 12.7. The number of hydrogen-bond donors (Lipinski definition) is 16. The number of rotatable bonds is 17. The normalized spacial score (nSPS) is 51.4. The molecule has 16 N–H and O–H groups in total. The van der Waals surface area contributed by atoms with E-state index in [1.807, 2.05) is 0 Å². The molecule has 7 fully saturated rings. The molecule has 24 heteroatoms. The zero-order chi connectivity index (χ0) is 57.5. The van der Waals surface area contributed by atoms with E-state index in [1.165, 1.54) is 19.4 Å². The lowest BCUT2D eigenvalue weighted by atomic mass is 9.38. The van der Waals surface area contributed by atoms with Crippen LogP contribution in [0.3, 0.4) is 0 Å². The standard InChI is InChI=1S/C54H92O24/c1-22(23-15-16-52(6)30-12-10-24-25(54(30,8)31(59)17-53(23,52)7)11-14-32(50(24,2)3)75-46-41(67)37(63)34(60)26(18-55)71-46)9-13-33(51(4,5)70)76-49-45(39(65)36(62)28(20-57)73-49)78-48-43(69)40(66)44(29(21-58)74-48)77-47-42(68)38(64)35(61)27(19-56)72-47/h10,22-23,25-49,55-70H,9,11-21H2,1-8H3/t22-,23?,25?,26-,27+,28-,29+,30?,31-,32+,33-,34-,35+,36-,37+,38-,39+,40+,41-,42+,43+,44+,45-,46+,47-,48-,49+,52+,53-,54+/m1/s1. The lowest BCUT2D eigenvalue weighted by Crippen LogP contribution is -2.67. The molecule has 0 aromatic heterocycles. The number of allylic oxidation sites excluding steroid dienone is 1. The summed E-state index contributed by atoms with van der Waals surface area (Å²) in [6.07, 6.45) is -27.8. The van der Waals surface area contributed by atoms with Crippen molar-refractivity contribution in [2.24, 2.45) is 45.3 Å². The van der Waals surface area contributed by atoms with E-state index in [4.69, 9.17) is 37.9 Å². The van der Waals surface area contributed by atoms with Crippen LogP contribution in [0, 0.1) is 45.3 Å². The minimum Gasteiger partial charge on any atom is -0.394 e. The van der Waals surface area contributed by atoms with Crippen molar-refractivity contribution in [1.29, 1.82) is 0 Å². The molecule has 3 saturated carbocycles. The monoisotopic (exact) mass is 1120 g/mol. The third-order valence-corrected chi connectivity index (χ3v) is 20.8. The Morgan fingerprint density at radius 1 is 0.564 bits per heavy atom. The second-order valence-electron chi connectivity index (χ2n) is 25.8. The summed E-state index contributed by atoms with van der Waals surface area (Å²) in [6.45, 7) is 13.3. The molecule has 4 heterocycles. The van der Waals surface area contributed by atoms with Crippen LogP contribution < -0.4 is 0 Å². The van der Waals surface area contributed by atoms with Crippen molar-refractivity contribution in [3.8, 4) is 0 Å². The lowest BCUT2D eigenvalue weighted by Gasteiger charge is -2.67. The van der Waals surface area contributed by atoms with Crippen molar-refractivity contribution in [2.75, 3.05) is 26.4 Å². The van der Waals surface area contributed by atoms with E-state index >= 15 is 0 Å². The quantitative estimate of drug-likeness (QED) is 0.0637. The first-order valence-corrected chi connectivity index (χ1v) is 28.0. The smallest absolute Gasteiger partial charge is 0.187 e. The van der Waals surface area contributed by atoms with Crippen LogP contribution in [0.2, 0.25) is 0 Å². The molecule has 4 aliphatic carbocycles. The lowest BCUT2D eigenvalue weighted by molar-refractivity contribution is -0.389. The van der Waals surface area contributed by atoms with Gasteiger partial charge >= 0.3 is 0 Å². The van der Waals surface area contributed by atoms with Crippen LogP contribution in [-0.4, -0.2) is 255 Å². The Morgan fingerprint density at radius 3 is 1.58 bits per heavy atom. The van der Waals surface area contributed by atoms with E-state index in [9.17, 15) is 81.7 Å². The zero-order valence-corrected chi connectivity index (χ0v) is 46.1. The topological polar surface area (TPSA) is 398 Å². The Bertz CT molecular complexity index is 2020. The summed E-state index contributed by atoms with van der Waals surface area (Å²) in [5, 5.41) is 172. The highest BCUT2D eigenvalue weighted by Gasteiger charge is 2.70. The van der Waals surface area contributed by atoms with Crippen LogP contribution in [0.15, 0.2) is 11.6 Å². The molecular formula is C54H92O24. The largest absolute Gasteiger partial charge is 0.394 e. The molecule has 0 amide bonds. The third-order valence-electron chi connectivity index (χ3n) is 20.8. The summed E-state index contributed by atoms with van der Waals surface area (Å²) in [6, 6.07) is 0. The van der Waals surface area contributed by atoms with Crippen molar-refractivity contribution in [3.05, 3.63) is 11.6 Å². The van der Waals surface area contributed by atoms with Gasteiger partial charge in [0, 0.05) is 10.8 Å². The summed E-state index contributed by atoms with van der Waals surface area (Å²) in [7, 11) is 0. The maximum Gasteiger partial charge on any atom is 0.187 e. The average Bonchev–Trinajstić information content (AvgIpc) is 3.68. The SMILES string of the molecule is C[C@H](CC[C@@H](O[C@@H]1O[C@H](CO)[C@@H](O)[C@H](O)[C@H]1O[C@H]1O[C@@H](CO)[C@H](O[C@H]2O[C@@H](CO)[C@H](O)[C@@H](O)[C@@H]2O)[C@@H](O)[C@@H]1O)C(C)(C)O)C1CC[C@@]2(C)C3CC=C4C(CC[C@H](O[C@@H]5O[C@H](CO)[C@@H](O)[C@H](O)[C@H]5O)C4(C)C)[C@]3(C)[C@H](O)C[C@]12C. The fourth-order valence-electron chi connectivity index (χ4n) is 15.7. The van der Waals surface area contributed by atoms with Crippen LogP contribution in [0.1, 0.15) is 107 Å². The van der Waals surface area contributed by atoms with Gasteiger partial charge in [-0.1, -0.05) is 53.2 Å². The van der Waals surface area contributed by atoms with E-state index < -0.39 is 184 Å². The van der Waals surface area contributed by atoms with Gasteiger partial charge < -0.3 is 120 Å². The van der Waals surface area contributed by atoms with Gasteiger partial charge in [0.2, 0.25) is 0 Å².